The summed E-state index contributed by atoms with van der Waals surface area (Å²) in [7, 11) is 0. The van der Waals surface area contributed by atoms with Crippen molar-refractivity contribution in [2.75, 3.05) is 0 Å². The molecule has 0 saturated carbocycles. The Hall–Kier alpha value is -3.05. The molecule has 0 aliphatic rings. The summed E-state index contributed by atoms with van der Waals surface area (Å²) in [6.45, 7) is 0. The molecular weight excluding hydrogens is 439 g/mol. The van der Waals surface area contributed by atoms with E-state index in [0.717, 1.165) is 0 Å². The number of carboxylic acid groups (broad SMARTS) is 3. The van der Waals surface area contributed by atoms with Crippen LogP contribution < -0.4 is 0 Å². The van der Waals surface area contributed by atoms with Crippen molar-refractivity contribution in [1.29, 1.82) is 0 Å². The van der Waals surface area contributed by atoms with E-state index in [1.165, 1.54) is 0 Å². The predicted octanol–water partition coefficient (Wildman–Crippen LogP) is 4.15. The zero-order valence-electron chi connectivity index (χ0n) is 14.7. The van der Waals surface area contributed by atoms with Crippen LogP contribution in [0.3, 0.4) is 0 Å². The zero-order valence-corrected chi connectivity index (χ0v) is 17.2. The fraction of sp³-hybridized carbons (Fsp3) is 0. The topological polar surface area (TPSA) is 112 Å². The summed E-state index contributed by atoms with van der Waals surface area (Å²) in [4.78, 5) is 30.6. The van der Waals surface area contributed by atoms with Gasteiger partial charge in [-0.1, -0.05) is 54.6 Å². The summed E-state index contributed by atoms with van der Waals surface area (Å²) in [6, 6.07) is 24.9. The molecule has 0 heterocycles. The van der Waals surface area contributed by atoms with Crippen LogP contribution in [-0.4, -0.2) is 33.2 Å². The zero-order chi connectivity index (χ0) is 20.1. The van der Waals surface area contributed by atoms with Crippen LogP contribution in [0.25, 0.3) is 0 Å². The van der Waals surface area contributed by atoms with Gasteiger partial charge in [0.25, 0.3) is 0 Å². The Morgan fingerprint density at radius 2 is 0.607 bits per heavy atom. The molecule has 142 valence electrons. The van der Waals surface area contributed by atoms with Gasteiger partial charge in [0.15, 0.2) is 0 Å². The average Bonchev–Trinajstić information content (AvgIpc) is 2.71. The molecule has 0 fully saturated rings. The van der Waals surface area contributed by atoms with Crippen LogP contribution in [0.15, 0.2) is 91.0 Å². The van der Waals surface area contributed by atoms with Crippen LogP contribution in [0.1, 0.15) is 31.1 Å². The summed E-state index contributed by atoms with van der Waals surface area (Å²) in [5.41, 5.74) is 0.993. The van der Waals surface area contributed by atoms with Crippen LogP contribution in [0, 0.1) is 0 Å². The third kappa shape index (κ3) is 10.2. The Morgan fingerprint density at radius 1 is 0.429 bits per heavy atom. The maximum atomic E-state index is 10.2. The summed E-state index contributed by atoms with van der Waals surface area (Å²) < 4.78 is 0. The molecule has 0 spiro atoms. The molecule has 0 bridgehead atoms. The predicted molar refractivity (Wildman–Crippen MR) is 100 cm³/mol. The molecule has 7 heteroatoms. The standard InChI is InChI=1S/3C7H6O2.Zr/c3*8-7(9)6-4-2-1-3-5-6;/h3*1-5H,(H,8,9);. The maximum Gasteiger partial charge on any atom is 0.335 e. The van der Waals surface area contributed by atoms with Crippen LogP contribution in [0.2, 0.25) is 0 Å². The van der Waals surface area contributed by atoms with Crippen LogP contribution in [0.5, 0.6) is 0 Å². The van der Waals surface area contributed by atoms with Crippen molar-refractivity contribution in [2.24, 2.45) is 0 Å². The minimum Gasteiger partial charge on any atom is -0.478 e. The Kier molecular flexibility index (Phi) is 12.5. The fourth-order valence-corrected chi connectivity index (χ4v) is 1.74. The van der Waals surface area contributed by atoms with Gasteiger partial charge in [-0.05, 0) is 36.4 Å². The smallest absolute Gasteiger partial charge is 0.335 e. The van der Waals surface area contributed by atoms with Crippen molar-refractivity contribution < 1.29 is 55.9 Å². The van der Waals surface area contributed by atoms with Crippen molar-refractivity contribution >= 4 is 17.9 Å². The Balaban J connectivity index is 0.000000384. The van der Waals surface area contributed by atoms with E-state index in [2.05, 4.69) is 0 Å². The number of benzene rings is 3. The minimum absolute atomic E-state index is 0. The molecule has 0 aliphatic carbocycles. The molecule has 28 heavy (non-hydrogen) atoms. The van der Waals surface area contributed by atoms with Gasteiger partial charge in [0.1, 0.15) is 0 Å². The second-order valence-electron chi connectivity index (χ2n) is 5.01. The monoisotopic (exact) mass is 456 g/mol. The van der Waals surface area contributed by atoms with Gasteiger partial charge in [-0.25, -0.2) is 14.4 Å². The SMILES string of the molecule is O=C(O)c1ccccc1.O=C(O)c1ccccc1.O=C(O)c1ccccc1.[Zr]. The molecule has 3 aromatic rings. The first kappa shape index (κ1) is 25.0. The van der Waals surface area contributed by atoms with Gasteiger partial charge in [0.05, 0.1) is 16.7 Å². The number of rotatable bonds is 3. The van der Waals surface area contributed by atoms with E-state index in [9.17, 15) is 14.4 Å². The van der Waals surface area contributed by atoms with Crippen LogP contribution >= 0.6 is 0 Å². The Labute approximate surface area is 181 Å². The van der Waals surface area contributed by atoms with Crippen LogP contribution in [-0.2, 0) is 26.2 Å². The van der Waals surface area contributed by atoms with E-state index in [1.807, 2.05) is 0 Å². The molecule has 0 saturated heterocycles. The molecule has 0 aromatic heterocycles. The second-order valence-corrected chi connectivity index (χ2v) is 5.01. The van der Waals surface area contributed by atoms with E-state index >= 15 is 0 Å². The van der Waals surface area contributed by atoms with E-state index < -0.39 is 17.9 Å². The van der Waals surface area contributed by atoms with Crippen molar-refractivity contribution in [1.82, 2.24) is 0 Å². The van der Waals surface area contributed by atoms with Crippen molar-refractivity contribution in [3.63, 3.8) is 0 Å². The van der Waals surface area contributed by atoms with Gasteiger partial charge in [-0.3, -0.25) is 0 Å². The first-order valence-corrected chi connectivity index (χ1v) is 7.77. The first-order valence-electron chi connectivity index (χ1n) is 7.77. The molecule has 3 N–H and O–H groups in total. The molecule has 3 rings (SSSR count). The number of carboxylic acids is 3. The van der Waals surface area contributed by atoms with Crippen molar-refractivity contribution in [2.45, 2.75) is 0 Å². The maximum absolute atomic E-state index is 10.2. The number of aromatic carboxylic acids is 3. The van der Waals surface area contributed by atoms with Gasteiger partial charge in [-0.2, -0.15) is 0 Å². The van der Waals surface area contributed by atoms with Crippen LogP contribution in [0.4, 0.5) is 0 Å². The molecule has 0 atom stereocenters. The largest absolute Gasteiger partial charge is 0.478 e. The number of hydrogen-bond acceptors (Lipinski definition) is 3. The first-order chi connectivity index (χ1) is 12.9. The van der Waals surface area contributed by atoms with E-state index in [0.29, 0.717) is 16.7 Å². The molecule has 0 aliphatic heterocycles. The molecule has 0 radical (unpaired) electrons. The van der Waals surface area contributed by atoms with E-state index in [4.69, 9.17) is 15.3 Å². The normalized spacial score (nSPS) is 8.57. The number of carbonyl (C=O) groups is 3. The quantitative estimate of drug-likeness (QED) is 0.545. The van der Waals surface area contributed by atoms with Gasteiger partial charge in [0, 0.05) is 26.2 Å². The van der Waals surface area contributed by atoms with Gasteiger partial charge in [-0.15, -0.1) is 0 Å². The Bertz CT molecular complexity index is 734. The van der Waals surface area contributed by atoms with Gasteiger partial charge >= 0.3 is 17.9 Å². The molecule has 0 amide bonds. The molecule has 0 unspecified atom stereocenters. The second kappa shape index (κ2) is 14.1. The minimum atomic E-state index is -0.879. The third-order valence-corrected chi connectivity index (χ3v) is 3.06. The molecule has 3 aromatic carbocycles. The summed E-state index contributed by atoms with van der Waals surface area (Å²) in [6.07, 6.45) is 0. The van der Waals surface area contributed by atoms with E-state index in [1.54, 1.807) is 91.0 Å². The van der Waals surface area contributed by atoms with Gasteiger partial charge < -0.3 is 15.3 Å². The van der Waals surface area contributed by atoms with Crippen molar-refractivity contribution in [3.8, 4) is 0 Å². The van der Waals surface area contributed by atoms with Gasteiger partial charge in [0.2, 0.25) is 0 Å². The Morgan fingerprint density at radius 3 is 0.714 bits per heavy atom. The summed E-state index contributed by atoms with van der Waals surface area (Å²) in [5, 5.41) is 25.2. The average molecular weight is 458 g/mol. The third-order valence-electron chi connectivity index (χ3n) is 3.06. The molecule has 6 nitrogen and oxygen atoms in total. The molecular formula is C21H18O6Zr. The summed E-state index contributed by atoms with van der Waals surface area (Å²) in [5.74, 6) is -2.64. The number of hydrogen-bond donors (Lipinski definition) is 3. The van der Waals surface area contributed by atoms with E-state index in [-0.39, 0.29) is 26.2 Å². The van der Waals surface area contributed by atoms with Crippen molar-refractivity contribution in [3.05, 3.63) is 108 Å². The summed E-state index contributed by atoms with van der Waals surface area (Å²) >= 11 is 0. The fourth-order valence-electron chi connectivity index (χ4n) is 1.74.